The molecule has 0 aliphatic heterocycles. The third kappa shape index (κ3) is 5.28. The van der Waals surface area contributed by atoms with Crippen LogP contribution in [0, 0.1) is 5.82 Å². The van der Waals surface area contributed by atoms with E-state index in [1.807, 2.05) is 30.3 Å². The van der Waals surface area contributed by atoms with Crippen molar-refractivity contribution in [2.75, 3.05) is 6.61 Å². The summed E-state index contributed by atoms with van der Waals surface area (Å²) in [7, 11) is 0. The first-order valence-corrected chi connectivity index (χ1v) is 7.83. The average molecular weight is 329 g/mol. The Labute approximate surface area is 140 Å². The number of Topliss-reactive ketones (excluding diaryl/α,β-unsaturated/α-hetero) is 1. The lowest BCUT2D eigenvalue weighted by Crippen LogP contribution is -2.38. The van der Waals surface area contributed by atoms with Gasteiger partial charge < -0.3 is 10.1 Å². The second-order valence-corrected chi connectivity index (χ2v) is 5.30. The first-order valence-electron chi connectivity index (χ1n) is 7.83. The molecular weight excluding hydrogens is 309 g/mol. The summed E-state index contributed by atoms with van der Waals surface area (Å²) in [4.78, 5) is 24.4. The molecule has 1 atom stereocenters. The van der Waals surface area contributed by atoms with Crippen LogP contribution < -0.4 is 5.32 Å². The first kappa shape index (κ1) is 17.8. The summed E-state index contributed by atoms with van der Waals surface area (Å²) in [6.45, 7) is 2.42. The number of carbonyl (C=O) groups excluding carboxylic acids is 2. The monoisotopic (exact) mass is 329 g/mol. The maximum Gasteiger partial charge on any atom is 0.307 e. The second kappa shape index (κ2) is 8.93. The minimum Gasteiger partial charge on any atom is -0.466 e. The van der Waals surface area contributed by atoms with E-state index < -0.39 is 17.8 Å². The third-order valence-corrected chi connectivity index (χ3v) is 3.52. The molecule has 0 bridgehead atoms. The summed E-state index contributed by atoms with van der Waals surface area (Å²) in [5, 5.41) is 3.09. The van der Waals surface area contributed by atoms with Gasteiger partial charge in [-0.3, -0.25) is 9.59 Å². The Morgan fingerprint density at radius 2 is 1.75 bits per heavy atom. The quantitative estimate of drug-likeness (QED) is 0.597. The van der Waals surface area contributed by atoms with Gasteiger partial charge in [0.1, 0.15) is 5.82 Å². The lowest BCUT2D eigenvalue weighted by atomic mass is 10.0. The van der Waals surface area contributed by atoms with E-state index in [9.17, 15) is 14.0 Å². The van der Waals surface area contributed by atoms with Crippen LogP contribution in [0.4, 0.5) is 4.39 Å². The zero-order valence-electron chi connectivity index (χ0n) is 13.5. The van der Waals surface area contributed by atoms with Crippen LogP contribution in [0.3, 0.4) is 0 Å². The predicted molar refractivity (Wildman–Crippen MR) is 89.1 cm³/mol. The van der Waals surface area contributed by atoms with E-state index in [2.05, 4.69) is 5.32 Å². The molecule has 0 saturated carbocycles. The number of esters is 1. The molecule has 0 heterocycles. The van der Waals surface area contributed by atoms with Crippen molar-refractivity contribution < 1.29 is 18.7 Å². The number of carbonyl (C=O) groups is 2. The van der Waals surface area contributed by atoms with Crippen molar-refractivity contribution in [2.24, 2.45) is 0 Å². The van der Waals surface area contributed by atoms with Crippen LogP contribution in [-0.2, 0) is 16.1 Å². The van der Waals surface area contributed by atoms with E-state index in [4.69, 9.17) is 4.74 Å². The van der Waals surface area contributed by atoms with Gasteiger partial charge in [-0.05, 0) is 36.8 Å². The Bertz CT molecular complexity index is 671. The van der Waals surface area contributed by atoms with Gasteiger partial charge in [0, 0.05) is 12.1 Å². The van der Waals surface area contributed by atoms with Gasteiger partial charge in [-0.25, -0.2) is 4.39 Å². The van der Waals surface area contributed by atoms with Gasteiger partial charge in [0.05, 0.1) is 19.1 Å². The zero-order chi connectivity index (χ0) is 17.4. The highest BCUT2D eigenvalue weighted by Gasteiger charge is 2.23. The van der Waals surface area contributed by atoms with Crippen LogP contribution in [0.25, 0.3) is 0 Å². The molecule has 4 nitrogen and oxygen atoms in total. The van der Waals surface area contributed by atoms with Crippen LogP contribution in [0.2, 0.25) is 0 Å². The maximum atomic E-state index is 13.0. The summed E-state index contributed by atoms with van der Waals surface area (Å²) in [5.74, 6) is -1.12. The number of ketones is 1. The standard InChI is InChI=1S/C19H20FNO3/c1-2-24-18(22)12-17(21-13-14-6-4-3-5-7-14)19(23)15-8-10-16(20)11-9-15/h3-11,17,21H,2,12-13H2,1H3. The van der Waals surface area contributed by atoms with E-state index in [-0.39, 0.29) is 18.8 Å². The van der Waals surface area contributed by atoms with Crippen molar-refractivity contribution in [3.63, 3.8) is 0 Å². The van der Waals surface area contributed by atoms with Crippen LogP contribution >= 0.6 is 0 Å². The summed E-state index contributed by atoms with van der Waals surface area (Å²) in [5.41, 5.74) is 1.35. The summed E-state index contributed by atoms with van der Waals surface area (Å²) in [6, 6.07) is 14.1. The van der Waals surface area contributed by atoms with Crippen molar-refractivity contribution in [3.05, 3.63) is 71.5 Å². The Kier molecular flexibility index (Phi) is 6.63. The molecule has 0 saturated heterocycles. The van der Waals surface area contributed by atoms with E-state index >= 15 is 0 Å². The molecule has 2 aromatic carbocycles. The molecular formula is C19H20FNO3. The van der Waals surface area contributed by atoms with Gasteiger partial charge in [0.25, 0.3) is 0 Å². The SMILES string of the molecule is CCOC(=O)CC(NCc1ccccc1)C(=O)c1ccc(F)cc1. The molecule has 0 amide bonds. The van der Waals surface area contributed by atoms with E-state index in [0.29, 0.717) is 12.1 Å². The molecule has 0 aromatic heterocycles. The van der Waals surface area contributed by atoms with Crippen LogP contribution in [0.5, 0.6) is 0 Å². The molecule has 0 radical (unpaired) electrons. The van der Waals surface area contributed by atoms with Gasteiger partial charge >= 0.3 is 5.97 Å². The van der Waals surface area contributed by atoms with E-state index in [1.54, 1.807) is 6.92 Å². The van der Waals surface area contributed by atoms with E-state index in [1.165, 1.54) is 24.3 Å². The molecule has 1 unspecified atom stereocenters. The zero-order valence-corrected chi connectivity index (χ0v) is 13.5. The summed E-state index contributed by atoms with van der Waals surface area (Å²) < 4.78 is 18.0. The molecule has 5 heteroatoms. The average Bonchev–Trinajstić information content (AvgIpc) is 2.60. The number of rotatable bonds is 8. The Hall–Kier alpha value is -2.53. The fourth-order valence-electron chi connectivity index (χ4n) is 2.30. The third-order valence-electron chi connectivity index (χ3n) is 3.52. The smallest absolute Gasteiger partial charge is 0.307 e. The van der Waals surface area contributed by atoms with Crippen molar-refractivity contribution in [3.8, 4) is 0 Å². The lowest BCUT2D eigenvalue weighted by Gasteiger charge is -2.17. The van der Waals surface area contributed by atoms with Crippen LogP contribution in [0.1, 0.15) is 29.3 Å². The largest absolute Gasteiger partial charge is 0.466 e. The van der Waals surface area contributed by atoms with Crippen molar-refractivity contribution in [1.29, 1.82) is 0 Å². The van der Waals surface area contributed by atoms with Crippen molar-refractivity contribution in [1.82, 2.24) is 5.32 Å². The highest BCUT2D eigenvalue weighted by molar-refractivity contribution is 6.01. The molecule has 0 aliphatic carbocycles. The van der Waals surface area contributed by atoms with Gasteiger partial charge in [-0.2, -0.15) is 0 Å². The van der Waals surface area contributed by atoms with Crippen molar-refractivity contribution >= 4 is 11.8 Å². The Morgan fingerprint density at radius 3 is 2.38 bits per heavy atom. The maximum absolute atomic E-state index is 13.0. The molecule has 1 N–H and O–H groups in total. The highest BCUT2D eigenvalue weighted by atomic mass is 19.1. The normalized spacial score (nSPS) is 11.8. The number of ether oxygens (including phenoxy) is 1. The van der Waals surface area contributed by atoms with Gasteiger partial charge in [0.2, 0.25) is 0 Å². The fraction of sp³-hybridized carbons (Fsp3) is 0.263. The molecule has 2 rings (SSSR count). The Morgan fingerprint density at radius 1 is 1.08 bits per heavy atom. The Balaban J connectivity index is 2.10. The number of benzene rings is 2. The first-order chi connectivity index (χ1) is 11.6. The number of hydrogen-bond acceptors (Lipinski definition) is 4. The molecule has 0 aliphatic rings. The van der Waals surface area contributed by atoms with Gasteiger partial charge in [0.15, 0.2) is 5.78 Å². The minimum absolute atomic E-state index is 0.0725. The second-order valence-electron chi connectivity index (χ2n) is 5.30. The van der Waals surface area contributed by atoms with Gasteiger partial charge in [-0.15, -0.1) is 0 Å². The number of nitrogens with one attached hydrogen (secondary N) is 1. The molecule has 24 heavy (non-hydrogen) atoms. The van der Waals surface area contributed by atoms with E-state index in [0.717, 1.165) is 5.56 Å². The molecule has 2 aromatic rings. The topological polar surface area (TPSA) is 55.4 Å². The molecule has 0 fully saturated rings. The summed E-state index contributed by atoms with van der Waals surface area (Å²) in [6.07, 6.45) is -0.0725. The highest BCUT2D eigenvalue weighted by Crippen LogP contribution is 2.10. The minimum atomic E-state index is -0.727. The van der Waals surface area contributed by atoms with Crippen LogP contribution in [0.15, 0.2) is 54.6 Å². The summed E-state index contributed by atoms with van der Waals surface area (Å²) >= 11 is 0. The lowest BCUT2D eigenvalue weighted by molar-refractivity contribution is -0.143. The number of halogens is 1. The predicted octanol–water partition coefficient (Wildman–Crippen LogP) is 3.12. The molecule has 126 valence electrons. The molecule has 0 spiro atoms. The van der Waals surface area contributed by atoms with Crippen LogP contribution in [-0.4, -0.2) is 24.4 Å². The van der Waals surface area contributed by atoms with Gasteiger partial charge in [-0.1, -0.05) is 30.3 Å². The van der Waals surface area contributed by atoms with Crippen molar-refractivity contribution in [2.45, 2.75) is 25.9 Å². The number of hydrogen-bond donors (Lipinski definition) is 1. The fourth-order valence-corrected chi connectivity index (χ4v) is 2.30.